The number of rotatable bonds is 9. The summed E-state index contributed by atoms with van der Waals surface area (Å²) in [6, 6.07) is 12.3. The van der Waals surface area contributed by atoms with Gasteiger partial charge in [0.2, 0.25) is 0 Å². The second-order valence-corrected chi connectivity index (χ2v) is 8.43. The molecule has 1 aromatic heterocycles. The van der Waals surface area contributed by atoms with Gasteiger partial charge in [-0.15, -0.1) is 0 Å². The van der Waals surface area contributed by atoms with Crippen LogP contribution < -0.4 is 25.5 Å². The number of amides is 3. The van der Waals surface area contributed by atoms with E-state index < -0.39 is 11.8 Å². The number of benzene rings is 2. The zero-order valence-electron chi connectivity index (χ0n) is 19.9. The van der Waals surface area contributed by atoms with Gasteiger partial charge in [-0.05, 0) is 76.8 Å². The number of carbonyl (C=O) groups is 3. The van der Waals surface area contributed by atoms with Crippen LogP contribution in [0.3, 0.4) is 0 Å². The number of nitrogens with one attached hydrogen (secondary N) is 3. The van der Waals surface area contributed by atoms with Gasteiger partial charge in [0, 0.05) is 5.69 Å². The normalized spacial score (nSPS) is 10.7. The number of halogens is 1. The molecule has 188 valence electrons. The maximum atomic E-state index is 12.4. The van der Waals surface area contributed by atoms with E-state index in [1.54, 1.807) is 24.3 Å². The van der Waals surface area contributed by atoms with Crippen LogP contribution in [0, 0.1) is 13.8 Å². The van der Waals surface area contributed by atoms with Crippen LogP contribution in [-0.4, -0.2) is 37.7 Å². The first-order valence-electron chi connectivity index (χ1n) is 10.8. The number of methoxy groups -OCH3 is 1. The monoisotopic (exact) mass is 556 g/mol. The van der Waals surface area contributed by atoms with Crippen molar-refractivity contribution in [2.24, 2.45) is 5.10 Å². The molecule has 3 N–H and O–H groups in total. The highest BCUT2D eigenvalue weighted by Gasteiger charge is 2.15. The molecule has 0 unspecified atom stereocenters. The summed E-state index contributed by atoms with van der Waals surface area (Å²) in [5.74, 6) is -0.929. The first kappa shape index (κ1) is 26.5. The lowest BCUT2D eigenvalue weighted by molar-refractivity contribution is -0.139. The average molecular weight is 557 g/mol. The molecule has 3 amide bonds. The molecular weight excluding hydrogens is 532 g/mol. The van der Waals surface area contributed by atoms with Crippen LogP contribution in [0.5, 0.6) is 11.5 Å². The van der Waals surface area contributed by atoms with Gasteiger partial charge in [0.25, 0.3) is 5.91 Å². The number of anilines is 1. The molecule has 0 saturated carbocycles. The van der Waals surface area contributed by atoms with Crippen molar-refractivity contribution in [3.8, 4) is 11.5 Å². The Labute approximate surface area is 216 Å². The Kier molecular flexibility index (Phi) is 9.23. The fourth-order valence-electron chi connectivity index (χ4n) is 3.04. The predicted octanol–water partition coefficient (Wildman–Crippen LogP) is 3.45. The smallest absolute Gasteiger partial charge is 0.329 e. The van der Waals surface area contributed by atoms with E-state index in [0.717, 1.165) is 16.8 Å². The molecule has 0 radical (unpaired) electrons. The van der Waals surface area contributed by atoms with Crippen LogP contribution in [0.25, 0.3) is 0 Å². The fraction of sp³-hybridized carbons (Fsp3) is 0.200. The number of nitrogens with zero attached hydrogens (tertiary/aromatic N) is 1. The van der Waals surface area contributed by atoms with E-state index in [4.69, 9.17) is 13.9 Å². The molecule has 0 aliphatic carbocycles. The van der Waals surface area contributed by atoms with E-state index in [1.807, 2.05) is 32.0 Å². The number of hydrogen-bond acceptors (Lipinski definition) is 7. The van der Waals surface area contributed by atoms with E-state index in [-0.39, 0.29) is 19.1 Å². The molecule has 0 saturated heterocycles. The van der Waals surface area contributed by atoms with Crippen LogP contribution in [0.1, 0.15) is 22.5 Å². The number of aryl methyl sites for hydroxylation is 1. The molecular formula is C25H25BrN4O6. The van der Waals surface area contributed by atoms with Crippen molar-refractivity contribution < 1.29 is 28.3 Å². The zero-order chi connectivity index (χ0) is 26.1. The van der Waals surface area contributed by atoms with Crippen LogP contribution >= 0.6 is 15.9 Å². The summed E-state index contributed by atoms with van der Waals surface area (Å²) in [6.07, 6.45) is 2.80. The Bertz CT molecular complexity index is 1270. The highest BCUT2D eigenvalue weighted by Crippen LogP contribution is 2.36. The summed E-state index contributed by atoms with van der Waals surface area (Å²) in [7, 11) is 1.46. The van der Waals surface area contributed by atoms with E-state index >= 15 is 0 Å². The van der Waals surface area contributed by atoms with Crippen molar-refractivity contribution in [2.45, 2.75) is 20.4 Å². The highest BCUT2D eigenvalue weighted by atomic mass is 79.9. The van der Waals surface area contributed by atoms with E-state index in [1.165, 1.54) is 19.6 Å². The minimum absolute atomic E-state index is 0.0806. The summed E-state index contributed by atoms with van der Waals surface area (Å²) in [6.45, 7) is 3.74. The molecule has 3 aromatic rings. The lowest BCUT2D eigenvalue weighted by atomic mass is 10.1. The van der Waals surface area contributed by atoms with Gasteiger partial charge in [-0.1, -0.05) is 12.1 Å². The Morgan fingerprint density at radius 3 is 2.64 bits per heavy atom. The van der Waals surface area contributed by atoms with Crippen LogP contribution in [-0.2, 0) is 20.9 Å². The lowest BCUT2D eigenvalue weighted by Gasteiger charge is -2.14. The van der Waals surface area contributed by atoms with Crippen LogP contribution in [0.2, 0.25) is 0 Å². The van der Waals surface area contributed by atoms with E-state index in [0.29, 0.717) is 27.3 Å². The molecule has 1 heterocycles. The first-order chi connectivity index (χ1) is 17.3. The SMILES string of the molecule is COc1cc(/C=N\NC(=O)C(=O)NCc2ccco2)cc(Br)c1OCC(=O)Nc1cccc(C)c1C. The molecule has 2 aromatic carbocycles. The molecule has 0 spiro atoms. The van der Waals surface area contributed by atoms with Crippen molar-refractivity contribution in [1.29, 1.82) is 0 Å². The Morgan fingerprint density at radius 2 is 1.92 bits per heavy atom. The predicted molar refractivity (Wildman–Crippen MR) is 137 cm³/mol. The van der Waals surface area contributed by atoms with Gasteiger partial charge in [0.15, 0.2) is 18.1 Å². The fourth-order valence-corrected chi connectivity index (χ4v) is 3.62. The van der Waals surface area contributed by atoms with Crippen LogP contribution in [0.4, 0.5) is 5.69 Å². The first-order valence-corrected chi connectivity index (χ1v) is 11.6. The molecule has 0 bridgehead atoms. The van der Waals surface area contributed by atoms with Gasteiger partial charge in [-0.2, -0.15) is 5.10 Å². The van der Waals surface area contributed by atoms with Gasteiger partial charge < -0.3 is 24.5 Å². The molecule has 0 atom stereocenters. The van der Waals surface area contributed by atoms with Crippen molar-refractivity contribution in [3.63, 3.8) is 0 Å². The third-order valence-corrected chi connectivity index (χ3v) is 5.66. The van der Waals surface area contributed by atoms with Gasteiger partial charge in [0.1, 0.15) is 5.76 Å². The summed E-state index contributed by atoms with van der Waals surface area (Å²) < 4.78 is 16.7. The maximum Gasteiger partial charge on any atom is 0.329 e. The highest BCUT2D eigenvalue weighted by molar-refractivity contribution is 9.10. The van der Waals surface area contributed by atoms with Crippen molar-refractivity contribution >= 4 is 45.6 Å². The standard InChI is InChI=1S/C25H25BrN4O6/c1-15-6-4-8-20(16(15)2)29-22(31)14-36-23-19(26)10-17(11-21(23)34-3)12-28-30-25(33)24(32)27-13-18-7-5-9-35-18/h4-12H,13-14H2,1-3H3,(H,27,32)(H,29,31)(H,30,33)/b28-12-. The minimum Gasteiger partial charge on any atom is -0.493 e. The minimum atomic E-state index is -0.932. The largest absolute Gasteiger partial charge is 0.493 e. The van der Waals surface area contributed by atoms with Crippen LogP contribution in [0.15, 0.2) is 62.7 Å². The third kappa shape index (κ3) is 7.19. The molecule has 36 heavy (non-hydrogen) atoms. The number of hydrogen-bond donors (Lipinski definition) is 3. The molecule has 0 fully saturated rings. The Balaban J connectivity index is 1.56. The molecule has 0 aliphatic rings. The zero-order valence-corrected chi connectivity index (χ0v) is 21.5. The summed E-state index contributed by atoms with van der Waals surface area (Å²) in [4.78, 5) is 36.1. The summed E-state index contributed by atoms with van der Waals surface area (Å²) >= 11 is 3.40. The van der Waals surface area contributed by atoms with E-state index in [2.05, 4.69) is 37.1 Å². The third-order valence-electron chi connectivity index (χ3n) is 5.07. The number of hydrazone groups is 1. The summed E-state index contributed by atoms with van der Waals surface area (Å²) in [5, 5.41) is 9.05. The van der Waals surface area contributed by atoms with Crippen molar-refractivity contribution in [3.05, 3.63) is 75.7 Å². The van der Waals surface area contributed by atoms with Crippen molar-refractivity contribution in [1.82, 2.24) is 10.7 Å². The Morgan fingerprint density at radius 1 is 1.11 bits per heavy atom. The van der Waals surface area contributed by atoms with Gasteiger partial charge in [-0.3, -0.25) is 14.4 Å². The topological polar surface area (TPSA) is 131 Å². The number of carbonyl (C=O) groups excluding carboxylic acids is 3. The maximum absolute atomic E-state index is 12.4. The Hall–Kier alpha value is -4.12. The van der Waals surface area contributed by atoms with Crippen molar-refractivity contribution in [2.75, 3.05) is 19.0 Å². The van der Waals surface area contributed by atoms with Gasteiger partial charge >= 0.3 is 11.8 Å². The summed E-state index contributed by atoms with van der Waals surface area (Å²) in [5.41, 5.74) is 5.47. The quantitative estimate of drug-likeness (QED) is 0.210. The second-order valence-electron chi connectivity index (χ2n) is 7.58. The number of ether oxygens (including phenoxy) is 2. The number of furan rings is 1. The molecule has 3 rings (SSSR count). The average Bonchev–Trinajstić information content (AvgIpc) is 3.38. The van der Waals surface area contributed by atoms with E-state index in [9.17, 15) is 14.4 Å². The second kappa shape index (κ2) is 12.5. The molecule has 0 aliphatic heterocycles. The van der Waals surface area contributed by atoms with Gasteiger partial charge in [-0.25, -0.2) is 5.43 Å². The van der Waals surface area contributed by atoms with Gasteiger partial charge in [0.05, 0.1) is 30.6 Å². The molecule has 10 nitrogen and oxygen atoms in total. The lowest BCUT2D eigenvalue weighted by Crippen LogP contribution is -2.37. The molecule has 11 heteroatoms.